The Morgan fingerprint density at radius 1 is 1.05 bits per heavy atom. The molecule has 3 fully saturated rings. The number of rotatable bonds is 10. The van der Waals surface area contributed by atoms with Gasteiger partial charge in [-0.15, -0.1) is 0 Å². The highest BCUT2D eigenvalue weighted by molar-refractivity contribution is 6.05. The van der Waals surface area contributed by atoms with Crippen LogP contribution in [-0.2, 0) is 11.2 Å². The van der Waals surface area contributed by atoms with E-state index >= 15 is 0 Å². The molecule has 2 aliphatic carbocycles. The van der Waals surface area contributed by atoms with Crippen molar-refractivity contribution in [3.8, 4) is 0 Å². The lowest BCUT2D eigenvalue weighted by Gasteiger charge is -2.34. The zero-order valence-corrected chi connectivity index (χ0v) is 24.3. The first-order valence-corrected chi connectivity index (χ1v) is 15.6. The van der Waals surface area contributed by atoms with Crippen molar-refractivity contribution < 1.29 is 19.0 Å². The van der Waals surface area contributed by atoms with Gasteiger partial charge in [-0.05, 0) is 111 Å². The summed E-state index contributed by atoms with van der Waals surface area (Å²) in [6.07, 6.45) is 8.68. The number of hydrogen-bond donors (Lipinski definition) is 1. The molecular weight excluding hydrogens is 513 g/mol. The maximum atomic E-state index is 14.2. The molecule has 216 valence electrons. The predicted molar refractivity (Wildman–Crippen MR) is 161 cm³/mol. The number of hydrogen-bond acceptors (Lipinski definition) is 3. The Bertz CT molecular complexity index is 1350. The van der Waals surface area contributed by atoms with Crippen LogP contribution in [0, 0.1) is 23.6 Å². The molecule has 0 unspecified atom stereocenters. The fraction of sp³-hybridized carbons (Fsp3) is 0.514. The summed E-state index contributed by atoms with van der Waals surface area (Å²) < 4.78 is 16.5. The van der Waals surface area contributed by atoms with Crippen LogP contribution in [0.1, 0.15) is 75.3 Å². The Balaban J connectivity index is 1.11. The Morgan fingerprint density at radius 3 is 2.51 bits per heavy atom. The summed E-state index contributed by atoms with van der Waals surface area (Å²) in [4.78, 5) is 14.8. The van der Waals surface area contributed by atoms with Crippen LogP contribution in [0.15, 0.2) is 70.8 Å². The summed E-state index contributed by atoms with van der Waals surface area (Å²) in [5.41, 5.74) is 6.81. The van der Waals surface area contributed by atoms with Crippen LogP contribution >= 0.6 is 0 Å². The molecule has 1 saturated heterocycles. The lowest BCUT2D eigenvalue weighted by atomic mass is 9.86. The molecule has 2 aromatic carbocycles. The second-order valence-corrected chi connectivity index (χ2v) is 12.7. The van der Waals surface area contributed by atoms with Crippen molar-refractivity contribution >= 4 is 17.4 Å². The van der Waals surface area contributed by atoms with Crippen LogP contribution in [0.2, 0.25) is 0 Å². The average molecular weight is 557 g/mol. The van der Waals surface area contributed by atoms with Crippen LogP contribution in [0.3, 0.4) is 0 Å². The van der Waals surface area contributed by atoms with Gasteiger partial charge in [-0.25, -0.2) is 9.18 Å². The van der Waals surface area contributed by atoms with Crippen molar-refractivity contribution in [2.24, 2.45) is 22.9 Å². The molecule has 0 radical (unpaired) electrons. The molecule has 0 spiro atoms. The van der Waals surface area contributed by atoms with E-state index in [-0.39, 0.29) is 11.7 Å². The molecule has 5 nitrogen and oxygen atoms in total. The van der Waals surface area contributed by atoms with Gasteiger partial charge in [0.2, 0.25) is 0 Å². The van der Waals surface area contributed by atoms with Gasteiger partial charge in [-0.2, -0.15) is 0 Å². The molecule has 4 aliphatic rings. The van der Waals surface area contributed by atoms with E-state index < -0.39 is 5.97 Å². The minimum atomic E-state index is -0.755. The van der Waals surface area contributed by atoms with E-state index in [1.165, 1.54) is 23.1 Å². The molecule has 6 rings (SSSR count). The van der Waals surface area contributed by atoms with Crippen molar-refractivity contribution in [1.82, 2.24) is 4.90 Å². The molecule has 1 N–H and O–H groups in total. The lowest BCUT2D eigenvalue weighted by molar-refractivity contribution is -0.529. The first-order valence-electron chi connectivity index (χ1n) is 15.6. The summed E-state index contributed by atoms with van der Waals surface area (Å²) in [6.45, 7) is 6.12. The molecule has 0 bridgehead atoms. The van der Waals surface area contributed by atoms with Crippen molar-refractivity contribution in [3.05, 3.63) is 82.7 Å². The van der Waals surface area contributed by atoms with Crippen LogP contribution < -0.4 is 0 Å². The third kappa shape index (κ3) is 6.69. The molecule has 2 aliphatic heterocycles. The van der Waals surface area contributed by atoms with Gasteiger partial charge in [0.15, 0.2) is 12.3 Å². The molecule has 2 aromatic rings. The highest BCUT2D eigenvalue weighted by atomic mass is 19.1. The maximum Gasteiger partial charge on any atom is 0.331 e. The number of carbonyl (C=O) groups is 1. The van der Waals surface area contributed by atoms with Gasteiger partial charge < -0.3 is 10.0 Å². The zero-order chi connectivity index (χ0) is 28.3. The fourth-order valence-electron chi connectivity index (χ4n) is 7.44. The van der Waals surface area contributed by atoms with Crippen molar-refractivity contribution in [3.63, 3.8) is 0 Å². The number of carboxylic acids is 1. The third-order valence-electron chi connectivity index (χ3n) is 9.78. The van der Waals surface area contributed by atoms with Crippen molar-refractivity contribution in [2.75, 3.05) is 26.2 Å². The van der Waals surface area contributed by atoms with Crippen LogP contribution in [0.25, 0.3) is 0 Å². The van der Waals surface area contributed by atoms with E-state index in [1.807, 2.05) is 6.07 Å². The summed E-state index contributed by atoms with van der Waals surface area (Å²) in [5.74, 6) is 0.600. The number of allylic oxidation sites excluding steroid dienone is 1. The van der Waals surface area contributed by atoms with Gasteiger partial charge in [0, 0.05) is 24.5 Å². The minimum Gasteiger partial charge on any atom is -0.478 e. The van der Waals surface area contributed by atoms with E-state index in [0.29, 0.717) is 29.7 Å². The largest absolute Gasteiger partial charge is 0.478 e. The first-order chi connectivity index (χ1) is 20.0. The van der Waals surface area contributed by atoms with E-state index in [2.05, 4.69) is 46.8 Å². The van der Waals surface area contributed by atoms with E-state index in [4.69, 9.17) is 5.10 Å². The summed E-state index contributed by atoms with van der Waals surface area (Å²) >= 11 is 0. The van der Waals surface area contributed by atoms with Gasteiger partial charge >= 0.3 is 5.97 Å². The Kier molecular flexibility index (Phi) is 8.47. The van der Waals surface area contributed by atoms with Crippen molar-refractivity contribution in [2.45, 2.75) is 70.6 Å². The van der Waals surface area contributed by atoms with Crippen LogP contribution in [0.5, 0.6) is 0 Å². The quantitative estimate of drug-likeness (QED) is 0.262. The summed E-state index contributed by atoms with van der Waals surface area (Å²) in [6, 6.07) is 17.6. The monoisotopic (exact) mass is 556 g/mol. The molecule has 2 heterocycles. The van der Waals surface area contributed by atoms with E-state index in [9.17, 15) is 14.3 Å². The topological polar surface area (TPSA) is 55.9 Å². The highest BCUT2D eigenvalue weighted by Crippen LogP contribution is 2.47. The normalized spacial score (nSPS) is 25.1. The average Bonchev–Trinajstić information content (AvgIpc) is 3.57. The number of likely N-dealkylation sites (tertiary alicyclic amines) is 1. The number of halogens is 1. The van der Waals surface area contributed by atoms with E-state index in [1.54, 1.807) is 12.1 Å². The first kappa shape index (κ1) is 28.0. The number of nitrogens with zero attached hydrogens (tertiary/aromatic N) is 3. The number of aliphatic carboxylic acids is 1. The van der Waals surface area contributed by atoms with Gasteiger partial charge in [0.05, 0.1) is 12.1 Å². The van der Waals surface area contributed by atoms with Crippen molar-refractivity contribution in [1.29, 1.82) is 0 Å². The predicted octanol–water partition coefficient (Wildman–Crippen LogP) is 6.69. The van der Waals surface area contributed by atoms with Gasteiger partial charge in [0.1, 0.15) is 5.82 Å². The fourth-order valence-corrected chi connectivity index (χ4v) is 7.44. The van der Waals surface area contributed by atoms with Gasteiger partial charge in [-0.3, -0.25) is 0 Å². The van der Waals surface area contributed by atoms with Gasteiger partial charge in [0.25, 0.3) is 0 Å². The Labute approximate surface area is 243 Å². The Morgan fingerprint density at radius 2 is 1.83 bits per heavy atom. The van der Waals surface area contributed by atoms with Crippen LogP contribution in [0.4, 0.5) is 4.39 Å². The molecule has 2 atom stereocenters. The number of carboxylic acid groups (broad SMARTS) is 1. The molecule has 41 heavy (non-hydrogen) atoms. The summed E-state index contributed by atoms with van der Waals surface area (Å²) in [5, 5.41) is 15.0. The molecule has 0 aromatic heterocycles. The number of benzene rings is 2. The molecular formula is C35H43FN3O2+. The maximum absolute atomic E-state index is 14.2. The molecule has 2 saturated carbocycles. The second-order valence-electron chi connectivity index (χ2n) is 12.7. The summed E-state index contributed by atoms with van der Waals surface area (Å²) in [7, 11) is 0. The third-order valence-corrected chi connectivity index (χ3v) is 9.78. The van der Waals surface area contributed by atoms with E-state index in [0.717, 1.165) is 88.7 Å². The second kappa shape index (κ2) is 12.4. The standard InChI is InChI=1S/C35H42FN3O2/c1-2-39-34(22-31(37-39)17-24-7-4-3-5-8-24)26-13-15-38(16-14-26)23-29-19-28(33(35(40)41)18-25-11-12-25)21-32(29)27-9-6-10-30(36)20-27/h3-10,20,25-26,29,32H,2,11-19,21-23H2,1H3/p+1/t29-,32-/m1/s1. The zero-order valence-electron chi connectivity index (χ0n) is 24.3. The highest BCUT2D eigenvalue weighted by Gasteiger charge is 2.39. The minimum absolute atomic E-state index is 0.167. The van der Waals surface area contributed by atoms with Gasteiger partial charge in [-0.1, -0.05) is 52.7 Å². The molecule has 0 amide bonds. The lowest BCUT2D eigenvalue weighted by Crippen LogP contribution is -2.40. The molecule has 6 heteroatoms. The number of hydrazone groups is 1. The van der Waals surface area contributed by atoms with Crippen LogP contribution in [-0.4, -0.2) is 58.3 Å². The smallest absolute Gasteiger partial charge is 0.331 e. The SMILES string of the molecule is CC[N+]1=C(C2CCN(C[C@H]3CC(=C(CC4CC4)C(=O)O)C[C@@H]3c3cccc(F)c3)CC2)CC(Cc2ccccc2)=N1. The number of piperidine rings is 1. The Hall–Kier alpha value is -3.12.